The van der Waals surface area contributed by atoms with E-state index in [0.717, 1.165) is 6.54 Å². The molecule has 2 nitrogen and oxygen atoms in total. The van der Waals surface area contributed by atoms with E-state index in [2.05, 4.69) is 5.32 Å². The van der Waals surface area contributed by atoms with Gasteiger partial charge in [0.15, 0.2) is 5.78 Å². The Labute approximate surface area is 62.3 Å². The highest BCUT2D eigenvalue weighted by molar-refractivity contribution is 5.91. The summed E-state index contributed by atoms with van der Waals surface area (Å²) in [5.74, 6) is 0.309. The van der Waals surface area contributed by atoms with Crippen molar-refractivity contribution >= 4 is 5.78 Å². The van der Waals surface area contributed by atoms with E-state index in [1.807, 2.05) is 27.0 Å². The smallest absolute Gasteiger partial charge is 0.157 e. The van der Waals surface area contributed by atoms with Crippen molar-refractivity contribution in [3.05, 3.63) is 12.2 Å². The summed E-state index contributed by atoms with van der Waals surface area (Å²) in [5.41, 5.74) is 0. The minimum Gasteiger partial charge on any atom is -0.316 e. The Bertz CT molecular complexity index is 127. The summed E-state index contributed by atoms with van der Waals surface area (Å²) < 4.78 is 0. The van der Waals surface area contributed by atoms with Gasteiger partial charge < -0.3 is 5.32 Å². The lowest BCUT2D eigenvalue weighted by Crippen LogP contribution is -2.07. The van der Waals surface area contributed by atoms with Crippen LogP contribution in [0.3, 0.4) is 0 Å². The number of nitrogens with one attached hydrogen (secondary N) is 1. The van der Waals surface area contributed by atoms with Gasteiger partial charge in [0.25, 0.3) is 0 Å². The Hall–Kier alpha value is -0.630. The molecule has 0 saturated heterocycles. The third kappa shape index (κ3) is 4.27. The van der Waals surface area contributed by atoms with Crippen LogP contribution in [0, 0.1) is 5.92 Å². The number of carbonyl (C=O) groups excluding carboxylic acids is 1. The molecule has 0 aliphatic rings. The van der Waals surface area contributed by atoms with E-state index in [1.165, 1.54) is 0 Å². The Morgan fingerprint density at radius 1 is 1.60 bits per heavy atom. The Morgan fingerprint density at radius 3 is 2.60 bits per heavy atom. The molecular formula is C8H15NO. The first-order chi connectivity index (χ1) is 4.68. The highest BCUT2D eigenvalue weighted by Gasteiger charge is 1.99. The molecule has 0 amide bonds. The molecule has 0 saturated carbocycles. The van der Waals surface area contributed by atoms with Crippen LogP contribution in [0.4, 0.5) is 0 Å². The molecule has 0 unspecified atom stereocenters. The predicted molar refractivity (Wildman–Crippen MR) is 42.9 cm³/mol. The van der Waals surface area contributed by atoms with Crippen molar-refractivity contribution in [2.75, 3.05) is 13.6 Å². The number of ketones is 1. The minimum absolute atomic E-state index is 0.119. The number of hydrogen-bond acceptors (Lipinski definition) is 2. The zero-order valence-electron chi connectivity index (χ0n) is 6.85. The van der Waals surface area contributed by atoms with Crippen LogP contribution in [0.15, 0.2) is 12.2 Å². The molecule has 0 aromatic rings. The molecule has 0 spiro atoms. The first kappa shape index (κ1) is 9.37. The van der Waals surface area contributed by atoms with Crippen molar-refractivity contribution in [3.63, 3.8) is 0 Å². The van der Waals surface area contributed by atoms with Crippen molar-refractivity contribution in [2.45, 2.75) is 13.8 Å². The molecule has 0 bridgehead atoms. The predicted octanol–water partition coefficient (Wildman–Crippen LogP) is 0.987. The van der Waals surface area contributed by atoms with Crippen LogP contribution in [-0.4, -0.2) is 19.4 Å². The SMILES string of the molecule is CNC/C=C/C(=O)C(C)C. The normalized spacial score (nSPS) is 11.2. The van der Waals surface area contributed by atoms with Crippen LogP contribution in [0.2, 0.25) is 0 Å². The third-order valence-electron chi connectivity index (χ3n) is 1.17. The van der Waals surface area contributed by atoms with Crippen LogP contribution >= 0.6 is 0 Å². The highest BCUT2D eigenvalue weighted by Crippen LogP contribution is 1.94. The van der Waals surface area contributed by atoms with Gasteiger partial charge in [0.05, 0.1) is 0 Å². The fourth-order valence-corrected chi connectivity index (χ4v) is 0.485. The standard InChI is InChI=1S/C8H15NO/c1-7(2)8(10)5-4-6-9-3/h4-5,7,9H,6H2,1-3H3/b5-4+. The maximum Gasteiger partial charge on any atom is 0.157 e. The monoisotopic (exact) mass is 141 g/mol. The number of hydrogen-bond donors (Lipinski definition) is 1. The van der Waals surface area contributed by atoms with Crippen LogP contribution in [-0.2, 0) is 4.79 Å². The molecule has 0 aliphatic carbocycles. The minimum atomic E-state index is 0.119. The Balaban J connectivity index is 3.56. The van der Waals surface area contributed by atoms with E-state index in [1.54, 1.807) is 6.08 Å². The van der Waals surface area contributed by atoms with Gasteiger partial charge in [0.1, 0.15) is 0 Å². The average molecular weight is 141 g/mol. The fourth-order valence-electron chi connectivity index (χ4n) is 0.485. The largest absolute Gasteiger partial charge is 0.316 e. The Kier molecular flexibility index (Phi) is 4.85. The van der Waals surface area contributed by atoms with E-state index in [9.17, 15) is 4.79 Å². The van der Waals surface area contributed by atoms with Gasteiger partial charge in [-0.25, -0.2) is 0 Å². The Morgan fingerprint density at radius 2 is 2.20 bits per heavy atom. The summed E-state index contributed by atoms with van der Waals surface area (Å²) in [7, 11) is 1.85. The summed E-state index contributed by atoms with van der Waals surface area (Å²) in [6.45, 7) is 4.55. The van der Waals surface area contributed by atoms with E-state index in [4.69, 9.17) is 0 Å². The first-order valence-corrected chi connectivity index (χ1v) is 3.53. The summed E-state index contributed by atoms with van der Waals surface area (Å²) in [6, 6.07) is 0. The van der Waals surface area contributed by atoms with E-state index < -0.39 is 0 Å². The van der Waals surface area contributed by atoms with Crippen LogP contribution < -0.4 is 5.32 Å². The van der Waals surface area contributed by atoms with E-state index in [-0.39, 0.29) is 11.7 Å². The lowest BCUT2D eigenvalue weighted by atomic mass is 10.1. The summed E-state index contributed by atoms with van der Waals surface area (Å²) in [4.78, 5) is 10.9. The zero-order valence-corrected chi connectivity index (χ0v) is 6.85. The van der Waals surface area contributed by atoms with Gasteiger partial charge in [-0.1, -0.05) is 19.9 Å². The second-order valence-electron chi connectivity index (χ2n) is 2.52. The summed E-state index contributed by atoms with van der Waals surface area (Å²) >= 11 is 0. The topological polar surface area (TPSA) is 29.1 Å². The number of likely N-dealkylation sites (N-methyl/N-ethyl adjacent to an activating group) is 1. The molecule has 0 aromatic heterocycles. The van der Waals surface area contributed by atoms with Gasteiger partial charge in [0, 0.05) is 12.5 Å². The lowest BCUT2D eigenvalue weighted by molar-refractivity contribution is -0.117. The maximum atomic E-state index is 10.9. The van der Waals surface area contributed by atoms with Gasteiger partial charge in [-0.15, -0.1) is 0 Å². The quantitative estimate of drug-likeness (QED) is 0.591. The number of allylic oxidation sites excluding steroid dienone is 1. The molecule has 0 aliphatic heterocycles. The molecule has 0 radical (unpaired) electrons. The molecule has 0 aromatic carbocycles. The van der Waals surface area contributed by atoms with Crippen molar-refractivity contribution in [2.24, 2.45) is 5.92 Å². The number of rotatable bonds is 4. The lowest BCUT2D eigenvalue weighted by Gasteiger charge is -1.95. The summed E-state index contributed by atoms with van der Waals surface area (Å²) in [6.07, 6.45) is 3.46. The van der Waals surface area contributed by atoms with Gasteiger partial charge in [-0.2, -0.15) is 0 Å². The van der Waals surface area contributed by atoms with Crippen molar-refractivity contribution in [3.8, 4) is 0 Å². The molecule has 58 valence electrons. The third-order valence-corrected chi connectivity index (χ3v) is 1.17. The molecule has 0 heterocycles. The molecule has 0 fully saturated rings. The summed E-state index contributed by atoms with van der Waals surface area (Å²) in [5, 5.41) is 2.92. The number of carbonyl (C=O) groups is 1. The average Bonchev–Trinajstić information content (AvgIpc) is 1.88. The maximum absolute atomic E-state index is 10.9. The molecule has 1 N–H and O–H groups in total. The van der Waals surface area contributed by atoms with Gasteiger partial charge in [-0.3, -0.25) is 4.79 Å². The van der Waals surface area contributed by atoms with Crippen molar-refractivity contribution in [1.82, 2.24) is 5.32 Å². The van der Waals surface area contributed by atoms with E-state index in [0.29, 0.717) is 0 Å². The molecule has 0 rings (SSSR count). The second kappa shape index (κ2) is 5.18. The van der Waals surface area contributed by atoms with Gasteiger partial charge in [-0.05, 0) is 13.1 Å². The molecule has 10 heavy (non-hydrogen) atoms. The van der Waals surface area contributed by atoms with Gasteiger partial charge in [0.2, 0.25) is 0 Å². The highest BCUT2D eigenvalue weighted by atomic mass is 16.1. The zero-order chi connectivity index (χ0) is 7.98. The van der Waals surface area contributed by atoms with Crippen LogP contribution in [0.5, 0.6) is 0 Å². The van der Waals surface area contributed by atoms with Crippen molar-refractivity contribution < 1.29 is 4.79 Å². The van der Waals surface area contributed by atoms with Crippen LogP contribution in [0.25, 0.3) is 0 Å². The molecule has 2 heteroatoms. The first-order valence-electron chi connectivity index (χ1n) is 3.53. The molecule has 0 atom stereocenters. The van der Waals surface area contributed by atoms with E-state index >= 15 is 0 Å². The second-order valence-corrected chi connectivity index (χ2v) is 2.52. The van der Waals surface area contributed by atoms with Crippen LogP contribution in [0.1, 0.15) is 13.8 Å². The van der Waals surface area contributed by atoms with Gasteiger partial charge >= 0.3 is 0 Å². The van der Waals surface area contributed by atoms with Crippen molar-refractivity contribution in [1.29, 1.82) is 0 Å². The molecular weight excluding hydrogens is 126 g/mol. The fraction of sp³-hybridized carbons (Fsp3) is 0.625.